The molecule has 3 rings (SSSR count). The first kappa shape index (κ1) is 11.5. The normalized spacial score (nSPS) is 19.4. The molecule has 0 saturated carbocycles. The van der Waals surface area contributed by atoms with Gasteiger partial charge in [0.05, 0.1) is 11.1 Å². The lowest BCUT2D eigenvalue weighted by atomic mass is 10.1. The average Bonchev–Trinajstić information content (AvgIpc) is 2.99. The van der Waals surface area contributed by atoms with E-state index in [2.05, 4.69) is 10.3 Å². The number of hydrogen-bond acceptors (Lipinski definition) is 4. The van der Waals surface area contributed by atoms with Crippen LogP contribution in [0.15, 0.2) is 18.2 Å². The summed E-state index contributed by atoms with van der Waals surface area (Å²) < 4.78 is 1.83. The van der Waals surface area contributed by atoms with Gasteiger partial charge < -0.3 is 5.11 Å². The van der Waals surface area contributed by atoms with Gasteiger partial charge in [0.1, 0.15) is 5.52 Å². The van der Waals surface area contributed by atoms with Crippen LogP contribution >= 0.6 is 11.8 Å². The van der Waals surface area contributed by atoms with E-state index in [0.29, 0.717) is 11.4 Å². The molecule has 94 valence electrons. The zero-order chi connectivity index (χ0) is 12.5. The predicted molar refractivity (Wildman–Crippen MR) is 69.9 cm³/mol. The lowest BCUT2D eigenvalue weighted by Crippen LogP contribution is -2.11. The van der Waals surface area contributed by atoms with Crippen LogP contribution in [0, 0.1) is 5.92 Å². The molecule has 2 heterocycles. The van der Waals surface area contributed by atoms with Crippen molar-refractivity contribution in [1.82, 2.24) is 15.0 Å². The molecule has 1 unspecified atom stereocenters. The summed E-state index contributed by atoms with van der Waals surface area (Å²) in [5.74, 6) is 2.02. The molecule has 1 aliphatic heterocycles. The molecule has 0 spiro atoms. The van der Waals surface area contributed by atoms with Crippen LogP contribution in [0.3, 0.4) is 0 Å². The number of rotatable bonds is 3. The minimum absolute atomic E-state index is 0.222. The van der Waals surface area contributed by atoms with Gasteiger partial charge in [0.25, 0.3) is 0 Å². The second-order valence-electron chi connectivity index (χ2n) is 4.48. The molecule has 0 radical (unpaired) electrons. The molecule has 0 amide bonds. The van der Waals surface area contributed by atoms with Gasteiger partial charge in [-0.05, 0) is 36.0 Å². The van der Waals surface area contributed by atoms with Gasteiger partial charge in [-0.2, -0.15) is 11.8 Å². The Morgan fingerprint density at radius 3 is 3.17 bits per heavy atom. The summed E-state index contributed by atoms with van der Waals surface area (Å²) in [4.78, 5) is 11.1. The molecule has 0 bridgehead atoms. The van der Waals surface area contributed by atoms with Crippen LogP contribution in [-0.4, -0.2) is 37.6 Å². The topological polar surface area (TPSA) is 68.0 Å². The Morgan fingerprint density at radius 1 is 1.56 bits per heavy atom. The lowest BCUT2D eigenvalue weighted by Gasteiger charge is -2.08. The Bertz CT molecular complexity index is 590. The third kappa shape index (κ3) is 1.96. The van der Waals surface area contributed by atoms with Gasteiger partial charge >= 0.3 is 5.97 Å². The van der Waals surface area contributed by atoms with Gasteiger partial charge in [0.15, 0.2) is 0 Å². The van der Waals surface area contributed by atoms with Crippen LogP contribution in [0.2, 0.25) is 0 Å². The molecule has 1 fully saturated rings. The number of thioether (sulfide) groups is 1. The van der Waals surface area contributed by atoms with E-state index < -0.39 is 5.97 Å². The van der Waals surface area contributed by atoms with Gasteiger partial charge in [0, 0.05) is 6.54 Å². The maximum atomic E-state index is 11.1. The van der Waals surface area contributed by atoms with E-state index >= 15 is 0 Å². The third-order valence-electron chi connectivity index (χ3n) is 3.23. The molecule has 6 heteroatoms. The largest absolute Gasteiger partial charge is 0.478 e. The van der Waals surface area contributed by atoms with Crippen LogP contribution in [0.5, 0.6) is 0 Å². The van der Waals surface area contributed by atoms with Gasteiger partial charge in [-0.25, -0.2) is 9.48 Å². The first-order valence-corrected chi connectivity index (χ1v) is 7.04. The van der Waals surface area contributed by atoms with Crippen molar-refractivity contribution in [1.29, 1.82) is 0 Å². The lowest BCUT2D eigenvalue weighted by molar-refractivity contribution is 0.0699. The highest BCUT2D eigenvalue weighted by Gasteiger charge is 2.19. The molecule has 2 aromatic rings. The highest BCUT2D eigenvalue weighted by Crippen LogP contribution is 2.26. The number of hydrogen-bond donors (Lipinski definition) is 1. The molecule has 1 saturated heterocycles. The van der Waals surface area contributed by atoms with Crippen molar-refractivity contribution >= 4 is 28.8 Å². The smallest absolute Gasteiger partial charge is 0.338 e. The Kier molecular flexibility index (Phi) is 2.95. The van der Waals surface area contributed by atoms with Gasteiger partial charge in [0.2, 0.25) is 0 Å². The van der Waals surface area contributed by atoms with Crippen LogP contribution in [0.4, 0.5) is 0 Å². The van der Waals surface area contributed by atoms with Crippen molar-refractivity contribution in [3.05, 3.63) is 23.8 Å². The molecule has 1 aromatic carbocycles. The number of aromatic nitrogens is 3. The molecule has 1 N–H and O–H groups in total. The number of carboxylic acid groups (broad SMARTS) is 1. The van der Waals surface area contributed by atoms with Crippen molar-refractivity contribution in [2.75, 3.05) is 11.5 Å². The zero-order valence-electron chi connectivity index (χ0n) is 9.74. The zero-order valence-corrected chi connectivity index (χ0v) is 10.6. The van der Waals surface area contributed by atoms with Crippen molar-refractivity contribution < 1.29 is 9.90 Å². The second kappa shape index (κ2) is 4.61. The van der Waals surface area contributed by atoms with Crippen molar-refractivity contribution in [2.45, 2.75) is 13.0 Å². The molecule has 1 atom stereocenters. The standard InChI is InChI=1S/C12H13N3O2S/c16-12(17)9-2-1-3-10-11(9)13-14-15(10)6-8-4-5-18-7-8/h1-3,8H,4-7H2,(H,16,17). The minimum Gasteiger partial charge on any atom is -0.478 e. The van der Waals surface area contributed by atoms with Gasteiger partial charge in [-0.15, -0.1) is 5.10 Å². The fourth-order valence-corrected chi connectivity index (χ4v) is 3.54. The summed E-state index contributed by atoms with van der Waals surface area (Å²) in [6.07, 6.45) is 1.20. The number of fused-ring (bicyclic) bond motifs is 1. The van der Waals surface area contributed by atoms with Crippen LogP contribution < -0.4 is 0 Å². The molecule has 5 nitrogen and oxygen atoms in total. The van der Waals surface area contributed by atoms with E-state index in [4.69, 9.17) is 5.11 Å². The predicted octanol–water partition coefficient (Wildman–Crippen LogP) is 1.88. The summed E-state index contributed by atoms with van der Waals surface area (Å²) in [7, 11) is 0. The van der Waals surface area contributed by atoms with E-state index in [1.807, 2.05) is 22.5 Å². The Balaban J connectivity index is 1.98. The quantitative estimate of drug-likeness (QED) is 0.915. The summed E-state index contributed by atoms with van der Waals surface area (Å²) in [5, 5.41) is 17.2. The maximum Gasteiger partial charge on any atom is 0.338 e. The molecule has 18 heavy (non-hydrogen) atoms. The monoisotopic (exact) mass is 263 g/mol. The number of benzene rings is 1. The molecular formula is C12H13N3O2S. The minimum atomic E-state index is -0.955. The Morgan fingerprint density at radius 2 is 2.44 bits per heavy atom. The van der Waals surface area contributed by atoms with Crippen molar-refractivity contribution in [3.63, 3.8) is 0 Å². The van der Waals surface area contributed by atoms with Crippen LogP contribution in [0.25, 0.3) is 11.0 Å². The number of nitrogens with zero attached hydrogens (tertiary/aromatic N) is 3. The van der Waals surface area contributed by atoms with E-state index in [1.54, 1.807) is 12.1 Å². The van der Waals surface area contributed by atoms with Gasteiger partial charge in [-0.3, -0.25) is 0 Å². The maximum absolute atomic E-state index is 11.1. The van der Waals surface area contributed by atoms with Crippen molar-refractivity contribution in [3.8, 4) is 0 Å². The third-order valence-corrected chi connectivity index (χ3v) is 4.46. The molecule has 0 aliphatic carbocycles. The first-order valence-electron chi connectivity index (χ1n) is 5.89. The Labute approximate surface area is 108 Å². The summed E-state index contributed by atoms with van der Waals surface area (Å²) >= 11 is 1.96. The van der Waals surface area contributed by atoms with Crippen molar-refractivity contribution in [2.24, 2.45) is 5.92 Å². The highest BCUT2D eigenvalue weighted by atomic mass is 32.2. The summed E-state index contributed by atoms with van der Waals surface area (Å²) in [6, 6.07) is 5.19. The van der Waals surface area contributed by atoms with E-state index in [-0.39, 0.29) is 5.56 Å². The first-order chi connectivity index (χ1) is 8.75. The summed E-state index contributed by atoms with van der Waals surface area (Å²) in [6.45, 7) is 0.826. The highest BCUT2D eigenvalue weighted by molar-refractivity contribution is 7.99. The molecular weight excluding hydrogens is 250 g/mol. The van der Waals surface area contributed by atoms with E-state index in [1.165, 1.54) is 12.2 Å². The van der Waals surface area contributed by atoms with Gasteiger partial charge in [-0.1, -0.05) is 11.3 Å². The van der Waals surface area contributed by atoms with E-state index in [0.717, 1.165) is 17.8 Å². The fraction of sp³-hybridized carbons (Fsp3) is 0.417. The number of aromatic carboxylic acids is 1. The van der Waals surface area contributed by atoms with Crippen LogP contribution in [-0.2, 0) is 6.54 Å². The second-order valence-corrected chi connectivity index (χ2v) is 5.63. The molecule has 1 aromatic heterocycles. The molecule has 1 aliphatic rings. The number of carboxylic acids is 1. The summed E-state index contributed by atoms with van der Waals surface area (Å²) in [5.41, 5.74) is 1.52. The fourth-order valence-electron chi connectivity index (χ4n) is 2.27. The average molecular weight is 263 g/mol. The SMILES string of the molecule is O=C(O)c1cccc2c1nnn2CC1CCSC1. The Hall–Kier alpha value is -1.56. The van der Waals surface area contributed by atoms with Crippen LogP contribution in [0.1, 0.15) is 16.8 Å². The van der Waals surface area contributed by atoms with E-state index in [9.17, 15) is 4.79 Å². The number of carbonyl (C=O) groups is 1.